The maximum atomic E-state index is 13.4. The lowest BCUT2D eigenvalue weighted by Crippen LogP contribution is -2.44. The number of aryl methyl sites for hydroxylation is 1. The molecule has 2 aliphatic heterocycles. The first-order chi connectivity index (χ1) is 16.7. The standard InChI is InChI=1S/C27H33N3O4S/c1-27(2)22-17-20(35(33,34)29-15-6-3-7-16-29)13-14-24(22)30(26(27)32)18-25(31)28-23-12-8-10-19-9-4-5-11-21(19)23/h4-5,9,11,13-14,17,23H,3,6-8,10,12,15-16,18H2,1-2H3,(H,28,31)/t23-/m1/s1. The molecule has 8 heteroatoms. The van der Waals surface area contributed by atoms with Gasteiger partial charge in [0.1, 0.15) is 6.54 Å². The highest BCUT2D eigenvalue weighted by Crippen LogP contribution is 2.43. The van der Waals surface area contributed by atoms with Gasteiger partial charge in [0, 0.05) is 18.8 Å². The van der Waals surface area contributed by atoms with Crippen molar-refractivity contribution < 1.29 is 18.0 Å². The molecule has 0 saturated carbocycles. The summed E-state index contributed by atoms with van der Waals surface area (Å²) in [6.07, 6.45) is 5.66. The molecule has 5 rings (SSSR count). The topological polar surface area (TPSA) is 86.8 Å². The zero-order valence-electron chi connectivity index (χ0n) is 20.4. The number of anilines is 1. The number of nitrogens with one attached hydrogen (secondary N) is 1. The van der Waals surface area contributed by atoms with E-state index < -0.39 is 15.4 Å². The second kappa shape index (κ2) is 9.06. The molecule has 2 amide bonds. The quantitative estimate of drug-likeness (QED) is 0.686. The molecule has 186 valence electrons. The van der Waals surface area contributed by atoms with Gasteiger partial charge in [-0.2, -0.15) is 4.31 Å². The predicted octanol–water partition coefficient (Wildman–Crippen LogP) is 3.68. The Balaban J connectivity index is 1.38. The van der Waals surface area contributed by atoms with E-state index in [0.717, 1.165) is 44.1 Å². The number of rotatable bonds is 5. The Hall–Kier alpha value is -2.71. The van der Waals surface area contributed by atoms with Crippen LogP contribution < -0.4 is 10.2 Å². The zero-order chi connectivity index (χ0) is 24.8. The molecule has 1 fully saturated rings. The third-order valence-electron chi connectivity index (χ3n) is 7.67. The van der Waals surface area contributed by atoms with E-state index >= 15 is 0 Å². The van der Waals surface area contributed by atoms with E-state index in [0.29, 0.717) is 24.3 Å². The van der Waals surface area contributed by atoms with E-state index in [1.54, 1.807) is 32.0 Å². The molecule has 0 spiro atoms. The van der Waals surface area contributed by atoms with Crippen molar-refractivity contribution >= 4 is 27.5 Å². The van der Waals surface area contributed by atoms with E-state index in [2.05, 4.69) is 17.4 Å². The number of hydrogen-bond acceptors (Lipinski definition) is 4. The van der Waals surface area contributed by atoms with E-state index in [1.165, 1.54) is 14.8 Å². The highest BCUT2D eigenvalue weighted by molar-refractivity contribution is 7.89. The fourth-order valence-electron chi connectivity index (χ4n) is 5.67. The summed E-state index contributed by atoms with van der Waals surface area (Å²) in [6.45, 7) is 4.55. The van der Waals surface area contributed by atoms with Crippen LogP contribution in [-0.4, -0.2) is 44.2 Å². The van der Waals surface area contributed by atoms with E-state index in [9.17, 15) is 18.0 Å². The molecule has 0 radical (unpaired) electrons. The van der Waals surface area contributed by atoms with Crippen molar-refractivity contribution in [3.8, 4) is 0 Å². The van der Waals surface area contributed by atoms with Crippen molar-refractivity contribution in [1.29, 1.82) is 0 Å². The molecule has 0 bridgehead atoms. The first-order valence-corrected chi connectivity index (χ1v) is 14.0. The van der Waals surface area contributed by atoms with Crippen LogP contribution in [0.5, 0.6) is 0 Å². The number of amides is 2. The molecular formula is C27H33N3O4S. The average molecular weight is 496 g/mol. The fourth-order valence-corrected chi connectivity index (χ4v) is 7.22. The van der Waals surface area contributed by atoms with Crippen LogP contribution in [0, 0.1) is 0 Å². The van der Waals surface area contributed by atoms with Gasteiger partial charge in [-0.05, 0) is 80.8 Å². The van der Waals surface area contributed by atoms with Gasteiger partial charge in [-0.1, -0.05) is 30.7 Å². The first-order valence-electron chi connectivity index (χ1n) is 12.5. The number of nitrogens with zero attached hydrogens (tertiary/aromatic N) is 2. The molecule has 1 N–H and O–H groups in total. The van der Waals surface area contributed by atoms with Crippen LogP contribution in [0.2, 0.25) is 0 Å². The zero-order valence-corrected chi connectivity index (χ0v) is 21.2. The van der Waals surface area contributed by atoms with Gasteiger partial charge in [0.15, 0.2) is 0 Å². The second-order valence-electron chi connectivity index (χ2n) is 10.4. The van der Waals surface area contributed by atoms with Gasteiger partial charge in [0.05, 0.1) is 16.4 Å². The third kappa shape index (κ3) is 4.27. The number of hydrogen-bond donors (Lipinski definition) is 1. The van der Waals surface area contributed by atoms with Crippen molar-refractivity contribution in [3.05, 3.63) is 59.2 Å². The van der Waals surface area contributed by atoms with Crippen LogP contribution in [0.1, 0.15) is 68.7 Å². The number of carbonyl (C=O) groups is 2. The summed E-state index contributed by atoms with van der Waals surface area (Å²) >= 11 is 0. The Labute approximate surface area is 207 Å². The van der Waals surface area contributed by atoms with Crippen LogP contribution in [-0.2, 0) is 31.4 Å². The van der Waals surface area contributed by atoms with E-state index in [4.69, 9.17) is 0 Å². The summed E-state index contributed by atoms with van der Waals surface area (Å²) in [5.74, 6) is -0.409. The van der Waals surface area contributed by atoms with E-state index in [1.807, 2.05) is 12.1 Å². The summed E-state index contributed by atoms with van der Waals surface area (Å²) < 4.78 is 28.0. The molecule has 0 unspecified atom stereocenters. The predicted molar refractivity (Wildman–Crippen MR) is 135 cm³/mol. The van der Waals surface area contributed by atoms with Crippen molar-refractivity contribution in [1.82, 2.24) is 9.62 Å². The van der Waals surface area contributed by atoms with E-state index in [-0.39, 0.29) is 29.3 Å². The summed E-state index contributed by atoms with van der Waals surface area (Å²) in [7, 11) is -3.62. The van der Waals surface area contributed by atoms with Gasteiger partial charge in [0.25, 0.3) is 0 Å². The van der Waals surface area contributed by atoms with Crippen molar-refractivity contribution in [2.45, 2.75) is 68.7 Å². The molecule has 1 aliphatic carbocycles. The molecule has 3 aliphatic rings. The van der Waals surface area contributed by atoms with Crippen LogP contribution in [0.25, 0.3) is 0 Å². The molecule has 1 saturated heterocycles. The molecule has 2 aromatic rings. The van der Waals surface area contributed by atoms with Gasteiger partial charge in [-0.25, -0.2) is 8.42 Å². The Morgan fingerprint density at radius 2 is 1.80 bits per heavy atom. The van der Waals surface area contributed by atoms with Gasteiger partial charge < -0.3 is 10.2 Å². The average Bonchev–Trinajstić information content (AvgIpc) is 3.05. The number of piperidine rings is 1. The van der Waals surface area contributed by atoms with Crippen molar-refractivity contribution in [2.24, 2.45) is 0 Å². The lowest BCUT2D eigenvalue weighted by Gasteiger charge is -2.27. The molecule has 2 aromatic carbocycles. The maximum absolute atomic E-state index is 13.4. The highest BCUT2D eigenvalue weighted by Gasteiger charge is 2.45. The molecule has 7 nitrogen and oxygen atoms in total. The van der Waals surface area contributed by atoms with Crippen molar-refractivity contribution in [2.75, 3.05) is 24.5 Å². The maximum Gasteiger partial charge on any atom is 0.243 e. The molecule has 35 heavy (non-hydrogen) atoms. The molecular weight excluding hydrogens is 462 g/mol. The molecule has 2 heterocycles. The normalized spacial score (nSPS) is 21.9. The third-order valence-corrected chi connectivity index (χ3v) is 9.57. The minimum absolute atomic E-state index is 0.0605. The first kappa shape index (κ1) is 24.0. The van der Waals surface area contributed by atoms with Crippen LogP contribution in [0.15, 0.2) is 47.4 Å². The Kier molecular flexibility index (Phi) is 6.21. The fraction of sp³-hybridized carbons (Fsp3) is 0.481. The number of sulfonamides is 1. The summed E-state index contributed by atoms with van der Waals surface area (Å²) in [4.78, 5) is 28.1. The van der Waals surface area contributed by atoms with Gasteiger partial charge >= 0.3 is 0 Å². The monoisotopic (exact) mass is 495 g/mol. The minimum Gasteiger partial charge on any atom is -0.348 e. The highest BCUT2D eigenvalue weighted by atomic mass is 32.2. The Morgan fingerprint density at radius 1 is 1.06 bits per heavy atom. The summed E-state index contributed by atoms with van der Waals surface area (Å²) in [5, 5.41) is 3.12. The van der Waals surface area contributed by atoms with Crippen LogP contribution in [0.3, 0.4) is 0 Å². The van der Waals surface area contributed by atoms with Crippen LogP contribution in [0.4, 0.5) is 5.69 Å². The lowest BCUT2D eigenvalue weighted by molar-refractivity contribution is -0.126. The van der Waals surface area contributed by atoms with Crippen molar-refractivity contribution in [3.63, 3.8) is 0 Å². The van der Waals surface area contributed by atoms with Crippen LogP contribution >= 0.6 is 0 Å². The molecule has 0 aromatic heterocycles. The smallest absolute Gasteiger partial charge is 0.243 e. The number of benzene rings is 2. The van der Waals surface area contributed by atoms with Gasteiger partial charge in [-0.15, -0.1) is 0 Å². The summed E-state index contributed by atoms with van der Waals surface area (Å²) in [5.41, 5.74) is 2.75. The van der Waals surface area contributed by atoms with Gasteiger partial charge in [0.2, 0.25) is 21.8 Å². The second-order valence-corrected chi connectivity index (χ2v) is 12.3. The SMILES string of the molecule is CC1(C)C(=O)N(CC(=O)N[C@@H]2CCCc3ccccc32)c2ccc(S(=O)(=O)N3CCCCC3)cc21. The number of fused-ring (bicyclic) bond motifs is 2. The Morgan fingerprint density at radius 3 is 2.57 bits per heavy atom. The molecule has 1 atom stereocenters. The lowest BCUT2D eigenvalue weighted by atomic mass is 9.86. The minimum atomic E-state index is -3.62. The summed E-state index contributed by atoms with van der Waals surface area (Å²) in [6, 6.07) is 13.0. The number of carbonyl (C=O) groups excluding carboxylic acids is 2. The van der Waals surface area contributed by atoms with Gasteiger partial charge in [-0.3, -0.25) is 9.59 Å². The Bertz CT molecular complexity index is 1260. The largest absolute Gasteiger partial charge is 0.348 e.